The van der Waals surface area contributed by atoms with Gasteiger partial charge in [0, 0.05) is 5.56 Å². The van der Waals surface area contributed by atoms with E-state index in [2.05, 4.69) is 31.2 Å². The molecule has 1 heteroatoms. The van der Waals surface area contributed by atoms with Gasteiger partial charge >= 0.3 is 0 Å². The maximum Gasteiger partial charge on any atom is 0.131 e. The van der Waals surface area contributed by atoms with Gasteiger partial charge in [-0.3, -0.25) is 0 Å². The van der Waals surface area contributed by atoms with Crippen LogP contribution in [0.25, 0.3) is 11.1 Å². The fourth-order valence-electron chi connectivity index (χ4n) is 5.51. The van der Waals surface area contributed by atoms with Gasteiger partial charge in [0.2, 0.25) is 0 Å². The number of benzene rings is 2. The Morgan fingerprint density at radius 1 is 0.656 bits per heavy atom. The van der Waals surface area contributed by atoms with Gasteiger partial charge in [0.25, 0.3) is 0 Å². The predicted octanol–water partition coefficient (Wildman–Crippen LogP) is 10.5. The third-order valence-electron chi connectivity index (χ3n) is 7.63. The molecule has 1 aliphatic rings. The highest BCUT2D eigenvalue weighted by Gasteiger charge is 2.22. The van der Waals surface area contributed by atoms with Crippen LogP contribution in [0.3, 0.4) is 0 Å². The van der Waals surface area contributed by atoms with E-state index in [1.807, 2.05) is 12.1 Å². The lowest BCUT2D eigenvalue weighted by Crippen LogP contribution is -2.13. The van der Waals surface area contributed by atoms with Crippen LogP contribution in [0.2, 0.25) is 0 Å². The first kappa shape index (κ1) is 25.0. The van der Waals surface area contributed by atoms with E-state index < -0.39 is 0 Å². The van der Waals surface area contributed by atoms with E-state index in [0.29, 0.717) is 11.5 Å². The Morgan fingerprint density at radius 3 is 1.81 bits per heavy atom. The lowest BCUT2D eigenvalue weighted by Gasteiger charge is -2.29. The number of unbranched alkanes of at least 4 members (excludes halogenated alkanes) is 10. The first-order valence-corrected chi connectivity index (χ1v) is 13.6. The van der Waals surface area contributed by atoms with E-state index >= 15 is 0 Å². The topological polar surface area (TPSA) is 0 Å². The van der Waals surface area contributed by atoms with Crippen LogP contribution < -0.4 is 0 Å². The second-order valence-electron chi connectivity index (χ2n) is 10.1. The lowest BCUT2D eigenvalue weighted by atomic mass is 9.77. The normalized spacial score (nSPS) is 18.7. The van der Waals surface area contributed by atoms with E-state index in [0.717, 1.165) is 11.5 Å². The summed E-state index contributed by atoms with van der Waals surface area (Å²) in [5.41, 5.74) is 3.13. The van der Waals surface area contributed by atoms with E-state index in [1.165, 1.54) is 108 Å². The zero-order valence-electron chi connectivity index (χ0n) is 20.5. The second kappa shape index (κ2) is 14.5. The lowest BCUT2D eigenvalue weighted by molar-refractivity contribution is 0.301. The molecule has 0 N–H and O–H groups in total. The fourth-order valence-corrected chi connectivity index (χ4v) is 5.51. The molecule has 1 aliphatic carbocycles. The zero-order chi connectivity index (χ0) is 22.4. The molecule has 0 aliphatic heterocycles. The van der Waals surface area contributed by atoms with E-state index in [-0.39, 0.29) is 5.82 Å². The number of rotatable bonds is 14. The molecule has 2 aromatic carbocycles. The van der Waals surface area contributed by atoms with Gasteiger partial charge < -0.3 is 0 Å². The molecule has 0 saturated heterocycles. The van der Waals surface area contributed by atoms with Gasteiger partial charge in [-0.05, 0) is 54.7 Å². The Balaban J connectivity index is 1.26. The zero-order valence-corrected chi connectivity index (χ0v) is 20.5. The van der Waals surface area contributed by atoms with Crippen molar-refractivity contribution in [3.05, 3.63) is 59.9 Å². The molecular weight excluding hydrogens is 391 g/mol. The SMILES string of the molecule is CCCCCCCCCCCCCC1CCC(c2ccc(-c3ccccc3F)cc2)CC1. The molecule has 0 amide bonds. The number of hydrogen-bond donors (Lipinski definition) is 0. The molecule has 0 aromatic heterocycles. The van der Waals surface area contributed by atoms with Crippen LogP contribution in [-0.2, 0) is 0 Å². The Labute approximate surface area is 197 Å². The van der Waals surface area contributed by atoms with E-state index in [4.69, 9.17) is 0 Å². The summed E-state index contributed by atoms with van der Waals surface area (Å²) in [6.07, 6.45) is 22.6. The van der Waals surface area contributed by atoms with Gasteiger partial charge in [-0.25, -0.2) is 4.39 Å². The Hall–Kier alpha value is -1.63. The molecule has 0 atom stereocenters. The fraction of sp³-hybridized carbons (Fsp3) is 0.613. The highest BCUT2D eigenvalue weighted by atomic mass is 19.1. The third kappa shape index (κ3) is 8.38. The average molecular weight is 437 g/mol. The summed E-state index contributed by atoms with van der Waals surface area (Å²) in [6.45, 7) is 2.29. The molecule has 0 heterocycles. The van der Waals surface area contributed by atoms with Gasteiger partial charge in [0.15, 0.2) is 0 Å². The average Bonchev–Trinajstić information content (AvgIpc) is 2.83. The molecule has 1 fully saturated rings. The van der Waals surface area contributed by atoms with Gasteiger partial charge in [0.05, 0.1) is 0 Å². The molecule has 0 nitrogen and oxygen atoms in total. The molecule has 0 spiro atoms. The van der Waals surface area contributed by atoms with Crippen LogP contribution in [0.1, 0.15) is 121 Å². The van der Waals surface area contributed by atoms with Crippen molar-refractivity contribution in [2.75, 3.05) is 0 Å². The quantitative estimate of drug-likeness (QED) is 0.258. The molecule has 2 aromatic rings. The van der Waals surface area contributed by atoms with Crippen LogP contribution >= 0.6 is 0 Å². The van der Waals surface area contributed by atoms with Crippen LogP contribution in [0.4, 0.5) is 4.39 Å². The van der Waals surface area contributed by atoms with Crippen molar-refractivity contribution in [3.63, 3.8) is 0 Å². The molecule has 1 saturated carbocycles. The third-order valence-corrected chi connectivity index (χ3v) is 7.63. The summed E-state index contributed by atoms with van der Waals surface area (Å²) in [5.74, 6) is 1.50. The van der Waals surface area contributed by atoms with E-state index in [9.17, 15) is 4.39 Å². The standard InChI is InChI=1S/C31H45F/c1-2-3-4-5-6-7-8-9-10-11-12-15-26-18-20-27(21-19-26)28-22-24-29(25-23-28)30-16-13-14-17-31(30)32/h13-14,16-17,22-27H,2-12,15,18-21H2,1H3. The second-order valence-corrected chi connectivity index (χ2v) is 10.1. The minimum atomic E-state index is -0.136. The summed E-state index contributed by atoms with van der Waals surface area (Å²) in [4.78, 5) is 0. The minimum Gasteiger partial charge on any atom is -0.206 e. The van der Waals surface area contributed by atoms with E-state index in [1.54, 1.807) is 12.1 Å². The Kier molecular flexibility index (Phi) is 11.3. The van der Waals surface area contributed by atoms with Crippen LogP contribution in [0.5, 0.6) is 0 Å². The van der Waals surface area contributed by atoms with Crippen molar-refractivity contribution in [2.45, 2.75) is 116 Å². The molecule has 32 heavy (non-hydrogen) atoms. The first-order chi connectivity index (χ1) is 15.8. The monoisotopic (exact) mass is 436 g/mol. The number of hydrogen-bond acceptors (Lipinski definition) is 0. The predicted molar refractivity (Wildman–Crippen MR) is 138 cm³/mol. The summed E-state index contributed by atoms with van der Waals surface area (Å²) >= 11 is 0. The Bertz CT molecular complexity index is 739. The molecule has 3 rings (SSSR count). The molecule has 0 bridgehead atoms. The van der Waals surface area contributed by atoms with Crippen molar-refractivity contribution < 1.29 is 4.39 Å². The summed E-state index contributed by atoms with van der Waals surface area (Å²) in [6, 6.07) is 15.7. The summed E-state index contributed by atoms with van der Waals surface area (Å²) < 4.78 is 14.0. The van der Waals surface area contributed by atoms with Gasteiger partial charge in [-0.15, -0.1) is 0 Å². The summed E-state index contributed by atoms with van der Waals surface area (Å²) in [7, 11) is 0. The highest BCUT2D eigenvalue weighted by Crippen LogP contribution is 2.38. The van der Waals surface area contributed by atoms with Crippen LogP contribution in [-0.4, -0.2) is 0 Å². The smallest absolute Gasteiger partial charge is 0.131 e. The van der Waals surface area contributed by atoms with Crippen molar-refractivity contribution in [1.82, 2.24) is 0 Å². The maximum absolute atomic E-state index is 14.0. The molecule has 176 valence electrons. The molecule has 0 radical (unpaired) electrons. The maximum atomic E-state index is 14.0. The summed E-state index contributed by atoms with van der Waals surface area (Å²) in [5, 5.41) is 0. The minimum absolute atomic E-state index is 0.136. The molecule has 0 unspecified atom stereocenters. The van der Waals surface area contributed by atoms with Gasteiger partial charge in [-0.2, -0.15) is 0 Å². The van der Waals surface area contributed by atoms with Crippen molar-refractivity contribution in [1.29, 1.82) is 0 Å². The largest absolute Gasteiger partial charge is 0.206 e. The van der Waals surface area contributed by atoms with Crippen molar-refractivity contribution >= 4 is 0 Å². The first-order valence-electron chi connectivity index (χ1n) is 13.6. The molecular formula is C31H45F. The van der Waals surface area contributed by atoms with Crippen LogP contribution in [0.15, 0.2) is 48.5 Å². The Morgan fingerprint density at radius 2 is 1.22 bits per heavy atom. The van der Waals surface area contributed by atoms with Crippen molar-refractivity contribution in [3.8, 4) is 11.1 Å². The van der Waals surface area contributed by atoms with Gasteiger partial charge in [-0.1, -0.05) is 126 Å². The van der Waals surface area contributed by atoms with Crippen molar-refractivity contribution in [2.24, 2.45) is 5.92 Å². The van der Waals surface area contributed by atoms with Crippen LogP contribution in [0, 0.1) is 11.7 Å². The highest BCUT2D eigenvalue weighted by molar-refractivity contribution is 5.64. The van der Waals surface area contributed by atoms with Gasteiger partial charge in [0.1, 0.15) is 5.82 Å². The number of halogens is 1.